The predicted molar refractivity (Wildman–Crippen MR) is 109 cm³/mol. The highest BCUT2D eigenvalue weighted by atomic mass is 35.5. The van der Waals surface area contributed by atoms with E-state index in [1.165, 1.54) is 24.0 Å². The fraction of sp³-hybridized carbons (Fsp3) is 0.350. The van der Waals surface area contributed by atoms with Crippen LogP contribution < -0.4 is 0 Å². The first-order valence-electron chi connectivity index (χ1n) is 9.11. The van der Waals surface area contributed by atoms with Crippen LogP contribution in [0.4, 0.5) is 0 Å². The third-order valence-corrected chi connectivity index (χ3v) is 5.20. The molecule has 0 spiro atoms. The van der Waals surface area contributed by atoms with Crippen LogP contribution >= 0.6 is 24.0 Å². The molecule has 1 atom stereocenters. The van der Waals surface area contributed by atoms with Crippen molar-refractivity contribution in [3.8, 4) is 0 Å². The molecule has 0 radical (unpaired) electrons. The second-order valence-electron chi connectivity index (χ2n) is 6.69. The first kappa shape index (κ1) is 19.8. The van der Waals surface area contributed by atoms with Crippen molar-refractivity contribution in [1.29, 1.82) is 0 Å². The molecular weight excluding hydrogens is 381 g/mol. The van der Waals surface area contributed by atoms with Gasteiger partial charge in [-0.05, 0) is 66.0 Å². The van der Waals surface area contributed by atoms with Crippen LogP contribution in [0.1, 0.15) is 35.8 Å². The second-order valence-corrected chi connectivity index (χ2v) is 7.13. The molecule has 1 aliphatic rings. The topological polar surface area (TPSA) is 46.8 Å². The summed E-state index contributed by atoms with van der Waals surface area (Å²) in [6, 6.07) is 18.6. The molecule has 0 N–H and O–H groups in total. The molecule has 2 heterocycles. The summed E-state index contributed by atoms with van der Waals surface area (Å²) in [5.74, 6) is 0.908. The van der Waals surface area contributed by atoms with E-state index in [-0.39, 0.29) is 18.4 Å². The Morgan fingerprint density at radius 2 is 1.67 bits per heavy atom. The Bertz CT molecular complexity index is 829. The molecule has 7 heteroatoms. The van der Waals surface area contributed by atoms with Crippen LogP contribution in [0.25, 0.3) is 0 Å². The van der Waals surface area contributed by atoms with Crippen LogP contribution in [-0.4, -0.2) is 38.2 Å². The van der Waals surface area contributed by atoms with Crippen molar-refractivity contribution in [3.63, 3.8) is 0 Å². The van der Waals surface area contributed by atoms with Crippen molar-refractivity contribution in [2.24, 2.45) is 0 Å². The van der Waals surface area contributed by atoms with Gasteiger partial charge in [-0.15, -0.1) is 17.5 Å². The Kier molecular flexibility index (Phi) is 6.83. The fourth-order valence-electron chi connectivity index (χ4n) is 3.61. The molecule has 1 fully saturated rings. The molecule has 0 aliphatic carbocycles. The number of halogens is 2. The predicted octanol–water partition coefficient (Wildman–Crippen LogP) is 4.18. The Morgan fingerprint density at radius 1 is 0.963 bits per heavy atom. The number of hydrogen-bond donors (Lipinski definition) is 0. The highest BCUT2D eigenvalue weighted by Crippen LogP contribution is 2.30. The zero-order chi connectivity index (χ0) is 17.8. The van der Waals surface area contributed by atoms with Crippen LogP contribution in [0, 0.1) is 0 Å². The lowest BCUT2D eigenvalue weighted by atomic mass is 10.0. The van der Waals surface area contributed by atoms with Gasteiger partial charge in [-0.3, -0.25) is 4.90 Å². The average Bonchev–Trinajstić information content (AvgIpc) is 3.36. The molecule has 5 nitrogen and oxygen atoms in total. The number of likely N-dealkylation sites (tertiary alicyclic amines) is 1. The van der Waals surface area contributed by atoms with E-state index in [0.717, 1.165) is 36.9 Å². The molecule has 3 aromatic rings. The lowest BCUT2D eigenvalue weighted by Crippen LogP contribution is -2.29. The number of aryl methyl sites for hydroxylation is 2. The Hall–Kier alpha value is -1.95. The van der Waals surface area contributed by atoms with Crippen molar-refractivity contribution in [1.82, 2.24) is 25.1 Å². The minimum atomic E-state index is 0. The highest BCUT2D eigenvalue weighted by Gasteiger charge is 2.29. The molecule has 1 unspecified atom stereocenters. The zero-order valence-electron chi connectivity index (χ0n) is 15.0. The third-order valence-electron chi connectivity index (χ3n) is 4.95. The van der Waals surface area contributed by atoms with E-state index < -0.39 is 0 Å². The smallest absolute Gasteiger partial charge is 0.173 e. The molecule has 27 heavy (non-hydrogen) atoms. The minimum absolute atomic E-state index is 0. The van der Waals surface area contributed by atoms with Gasteiger partial charge in [-0.2, -0.15) is 0 Å². The lowest BCUT2D eigenvalue weighted by molar-refractivity contribution is 0.263. The highest BCUT2D eigenvalue weighted by molar-refractivity contribution is 6.30. The standard InChI is InChI=1S/C20H22ClN5.ClH/c21-18-10-8-17(9-11-18)19(25-13-4-5-14-25)20-22-23-24-26(20)15-12-16-6-2-1-3-7-16;/h1-3,6-11,19H,4-5,12-15H2;1H. The van der Waals surface area contributed by atoms with Crippen LogP contribution in [-0.2, 0) is 13.0 Å². The maximum atomic E-state index is 6.09. The molecule has 1 aromatic heterocycles. The fourth-order valence-corrected chi connectivity index (χ4v) is 3.74. The van der Waals surface area contributed by atoms with Gasteiger partial charge >= 0.3 is 0 Å². The Labute approximate surface area is 170 Å². The number of benzene rings is 2. The number of nitrogens with zero attached hydrogens (tertiary/aromatic N) is 5. The number of rotatable bonds is 6. The van der Waals surface area contributed by atoms with Crippen molar-refractivity contribution < 1.29 is 0 Å². The van der Waals surface area contributed by atoms with Gasteiger partial charge in [0.15, 0.2) is 5.82 Å². The van der Waals surface area contributed by atoms with E-state index in [2.05, 4.69) is 56.8 Å². The van der Waals surface area contributed by atoms with E-state index >= 15 is 0 Å². The first-order valence-corrected chi connectivity index (χ1v) is 9.48. The zero-order valence-corrected chi connectivity index (χ0v) is 16.6. The molecule has 4 rings (SSSR count). The van der Waals surface area contributed by atoms with E-state index in [0.29, 0.717) is 0 Å². The van der Waals surface area contributed by atoms with Gasteiger partial charge in [0.1, 0.15) is 0 Å². The van der Waals surface area contributed by atoms with Gasteiger partial charge in [0, 0.05) is 11.6 Å². The third kappa shape index (κ3) is 4.67. The monoisotopic (exact) mass is 403 g/mol. The second kappa shape index (κ2) is 9.31. The first-order chi connectivity index (χ1) is 12.8. The number of tetrazole rings is 1. The van der Waals surface area contributed by atoms with E-state index in [1.54, 1.807) is 0 Å². The summed E-state index contributed by atoms with van der Waals surface area (Å²) < 4.78 is 1.95. The summed E-state index contributed by atoms with van der Waals surface area (Å²) in [5, 5.41) is 13.4. The minimum Gasteiger partial charge on any atom is -0.290 e. The van der Waals surface area contributed by atoms with Crippen molar-refractivity contribution in [2.45, 2.75) is 31.8 Å². The average molecular weight is 404 g/mol. The van der Waals surface area contributed by atoms with Gasteiger partial charge in [0.05, 0.1) is 6.04 Å². The number of aromatic nitrogens is 4. The number of hydrogen-bond acceptors (Lipinski definition) is 4. The molecule has 1 saturated heterocycles. The maximum Gasteiger partial charge on any atom is 0.173 e. The molecule has 0 amide bonds. The summed E-state index contributed by atoms with van der Waals surface area (Å²) in [6.07, 6.45) is 3.34. The molecule has 2 aromatic carbocycles. The van der Waals surface area contributed by atoms with Crippen LogP contribution in [0.15, 0.2) is 54.6 Å². The normalized spacial score (nSPS) is 15.4. The van der Waals surface area contributed by atoms with Crippen molar-refractivity contribution in [3.05, 3.63) is 76.6 Å². The van der Waals surface area contributed by atoms with Crippen molar-refractivity contribution in [2.75, 3.05) is 13.1 Å². The SMILES string of the molecule is Cl.Clc1ccc(C(c2nnnn2CCc2ccccc2)N2CCCC2)cc1. The van der Waals surface area contributed by atoms with E-state index in [1.807, 2.05) is 22.9 Å². The summed E-state index contributed by atoms with van der Waals surface area (Å²) in [6.45, 7) is 2.90. The summed E-state index contributed by atoms with van der Waals surface area (Å²) in [4.78, 5) is 2.47. The van der Waals surface area contributed by atoms with Gasteiger partial charge in [0.2, 0.25) is 0 Å². The Balaban J connectivity index is 0.00000210. The maximum absolute atomic E-state index is 6.09. The largest absolute Gasteiger partial charge is 0.290 e. The van der Waals surface area contributed by atoms with Crippen molar-refractivity contribution >= 4 is 24.0 Å². The lowest BCUT2D eigenvalue weighted by Gasteiger charge is -2.27. The summed E-state index contributed by atoms with van der Waals surface area (Å²) in [7, 11) is 0. The summed E-state index contributed by atoms with van der Waals surface area (Å²) >= 11 is 6.09. The quantitative estimate of drug-likeness (QED) is 0.619. The van der Waals surface area contributed by atoms with Crippen LogP contribution in [0.2, 0.25) is 5.02 Å². The van der Waals surface area contributed by atoms with E-state index in [4.69, 9.17) is 11.6 Å². The van der Waals surface area contributed by atoms with Gasteiger partial charge in [-0.25, -0.2) is 4.68 Å². The summed E-state index contributed by atoms with van der Waals surface area (Å²) in [5.41, 5.74) is 2.48. The molecule has 0 bridgehead atoms. The van der Waals surface area contributed by atoms with Gasteiger partial charge in [-0.1, -0.05) is 54.1 Å². The van der Waals surface area contributed by atoms with E-state index in [9.17, 15) is 0 Å². The van der Waals surface area contributed by atoms with Crippen LogP contribution in [0.3, 0.4) is 0 Å². The van der Waals surface area contributed by atoms with Gasteiger partial charge < -0.3 is 0 Å². The molecular formula is C20H23Cl2N5. The Morgan fingerprint density at radius 3 is 2.37 bits per heavy atom. The van der Waals surface area contributed by atoms with Gasteiger partial charge in [0.25, 0.3) is 0 Å². The molecule has 142 valence electrons. The molecule has 0 saturated carbocycles. The van der Waals surface area contributed by atoms with Crippen LogP contribution in [0.5, 0.6) is 0 Å². The molecule has 1 aliphatic heterocycles.